The molecular formula is C16H23ClIN5O2. The summed E-state index contributed by atoms with van der Waals surface area (Å²) in [5.41, 5.74) is 1.07. The molecule has 138 valence electrons. The summed E-state index contributed by atoms with van der Waals surface area (Å²) < 4.78 is 10.6. The summed E-state index contributed by atoms with van der Waals surface area (Å²) in [5.74, 6) is 1.64. The normalized spacial score (nSPS) is 12.4. The summed E-state index contributed by atoms with van der Waals surface area (Å²) in [6.45, 7) is 5.40. The molecule has 0 saturated carbocycles. The monoisotopic (exact) mass is 479 g/mol. The molecule has 1 heterocycles. The number of ether oxygens (including phenoxy) is 1. The minimum Gasteiger partial charge on any atom is -0.371 e. The van der Waals surface area contributed by atoms with E-state index in [1.54, 1.807) is 7.05 Å². The van der Waals surface area contributed by atoms with Crippen LogP contribution in [0.15, 0.2) is 33.8 Å². The zero-order chi connectivity index (χ0) is 17.4. The minimum atomic E-state index is -0.187. The van der Waals surface area contributed by atoms with Crippen LogP contribution in [0, 0.1) is 0 Å². The van der Waals surface area contributed by atoms with E-state index in [0.717, 1.165) is 5.56 Å². The maximum Gasteiger partial charge on any atom is 0.246 e. The Labute approximate surface area is 169 Å². The van der Waals surface area contributed by atoms with Gasteiger partial charge in [0.05, 0.1) is 6.54 Å². The molecule has 0 aliphatic rings. The second-order valence-electron chi connectivity index (χ2n) is 5.05. The Hall–Kier alpha value is -1.39. The average Bonchev–Trinajstić information content (AvgIpc) is 3.04. The third kappa shape index (κ3) is 7.17. The molecule has 1 aromatic carbocycles. The summed E-state index contributed by atoms with van der Waals surface area (Å²) in [7, 11) is 1.70. The van der Waals surface area contributed by atoms with Gasteiger partial charge in [-0.1, -0.05) is 28.9 Å². The number of nitrogens with zero attached hydrogens (tertiary/aromatic N) is 3. The van der Waals surface area contributed by atoms with E-state index < -0.39 is 0 Å². The standard InChI is InChI=1S/C16H22ClN5O2.HI/c1-4-23-11(2)15-21-14(24-22-15)10-20-16(18-3)19-9-12-6-5-7-13(17)8-12;/h5-8,11H,4,9-10H2,1-3H3,(H2,18,19,20);1H. The molecule has 25 heavy (non-hydrogen) atoms. The van der Waals surface area contributed by atoms with Crippen LogP contribution < -0.4 is 10.6 Å². The molecule has 0 saturated heterocycles. The number of halogens is 2. The van der Waals surface area contributed by atoms with Crippen molar-refractivity contribution in [1.82, 2.24) is 20.8 Å². The van der Waals surface area contributed by atoms with Crippen molar-refractivity contribution in [3.05, 3.63) is 46.6 Å². The van der Waals surface area contributed by atoms with Crippen LogP contribution in [0.3, 0.4) is 0 Å². The van der Waals surface area contributed by atoms with Gasteiger partial charge in [0.2, 0.25) is 5.89 Å². The maximum atomic E-state index is 5.97. The van der Waals surface area contributed by atoms with Gasteiger partial charge in [0.15, 0.2) is 11.8 Å². The van der Waals surface area contributed by atoms with Gasteiger partial charge in [0.1, 0.15) is 6.10 Å². The van der Waals surface area contributed by atoms with Gasteiger partial charge in [0.25, 0.3) is 0 Å². The first kappa shape index (κ1) is 21.7. The SMILES string of the molecule is CCOC(C)c1noc(CNC(=NC)NCc2cccc(Cl)c2)n1.I. The van der Waals surface area contributed by atoms with E-state index in [9.17, 15) is 0 Å². The third-order valence-corrected chi connectivity index (χ3v) is 3.48. The predicted octanol–water partition coefficient (Wildman–Crippen LogP) is 3.30. The highest BCUT2D eigenvalue weighted by Crippen LogP contribution is 2.12. The molecule has 0 aliphatic carbocycles. The van der Waals surface area contributed by atoms with Crippen molar-refractivity contribution in [1.29, 1.82) is 0 Å². The molecule has 0 fully saturated rings. The topological polar surface area (TPSA) is 84.6 Å². The lowest BCUT2D eigenvalue weighted by atomic mass is 10.2. The van der Waals surface area contributed by atoms with Gasteiger partial charge in [-0.05, 0) is 31.5 Å². The fourth-order valence-corrected chi connectivity index (χ4v) is 2.26. The number of aromatic nitrogens is 2. The number of aliphatic imine (C=N–C) groups is 1. The van der Waals surface area contributed by atoms with E-state index in [-0.39, 0.29) is 30.1 Å². The van der Waals surface area contributed by atoms with E-state index in [2.05, 4.69) is 25.8 Å². The van der Waals surface area contributed by atoms with Gasteiger partial charge in [0, 0.05) is 25.2 Å². The van der Waals surface area contributed by atoms with Crippen LogP contribution in [0.25, 0.3) is 0 Å². The van der Waals surface area contributed by atoms with E-state index in [1.807, 2.05) is 38.1 Å². The quantitative estimate of drug-likeness (QED) is 0.360. The largest absolute Gasteiger partial charge is 0.371 e. The molecule has 1 aromatic heterocycles. The van der Waals surface area contributed by atoms with E-state index >= 15 is 0 Å². The number of hydrogen-bond donors (Lipinski definition) is 2. The van der Waals surface area contributed by atoms with Gasteiger partial charge in [-0.3, -0.25) is 4.99 Å². The molecule has 0 bridgehead atoms. The summed E-state index contributed by atoms with van der Waals surface area (Å²) in [6.07, 6.45) is -0.187. The zero-order valence-corrected chi connectivity index (χ0v) is 17.5. The van der Waals surface area contributed by atoms with Gasteiger partial charge < -0.3 is 19.9 Å². The second-order valence-corrected chi connectivity index (χ2v) is 5.49. The number of nitrogens with one attached hydrogen (secondary N) is 2. The lowest BCUT2D eigenvalue weighted by molar-refractivity contribution is 0.0683. The summed E-state index contributed by atoms with van der Waals surface area (Å²) in [5, 5.41) is 10.9. The fourth-order valence-electron chi connectivity index (χ4n) is 2.04. The number of guanidine groups is 1. The first-order valence-corrected chi connectivity index (χ1v) is 8.13. The van der Waals surface area contributed by atoms with Crippen LogP contribution >= 0.6 is 35.6 Å². The van der Waals surface area contributed by atoms with Crippen molar-refractivity contribution in [2.24, 2.45) is 4.99 Å². The molecule has 9 heteroatoms. The molecule has 0 amide bonds. The lowest BCUT2D eigenvalue weighted by Gasteiger charge is -2.10. The van der Waals surface area contributed by atoms with Crippen LogP contribution in [0.2, 0.25) is 5.02 Å². The van der Waals surface area contributed by atoms with Gasteiger partial charge in [-0.25, -0.2) is 0 Å². The molecule has 0 radical (unpaired) electrons. The first-order valence-electron chi connectivity index (χ1n) is 7.75. The fraction of sp³-hybridized carbons (Fsp3) is 0.438. The molecule has 2 aromatic rings. The molecule has 2 rings (SSSR count). The Morgan fingerprint density at radius 3 is 2.80 bits per heavy atom. The van der Waals surface area contributed by atoms with Crippen LogP contribution in [0.4, 0.5) is 0 Å². The molecule has 7 nitrogen and oxygen atoms in total. The molecule has 1 unspecified atom stereocenters. The van der Waals surface area contributed by atoms with Gasteiger partial charge in [-0.2, -0.15) is 4.98 Å². The smallest absolute Gasteiger partial charge is 0.246 e. The summed E-state index contributed by atoms with van der Waals surface area (Å²) in [6, 6.07) is 7.65. The van der Waals surface area contributed by atoms with Crippen LogP contribution in [-0.2, 0) is 17.8 Å². The predicted molar refractivity (Wildman–Crippen MR) is 108 cm³/mol. The van der Waals surface area contributed by atoms with Gasteiger partial charge in [-0.15, -0.1) is 24.0 Å². The molecule has 0 spiro atoms. The lowest BCUT2D eigenvalue weighted by Crippen LogP contribution is -2.36. The zero-order valence-electron chi connectivity index (χ0n) is 14.5. The van der Waals surface area contributed by atoms with Crippen LogP contribution in [0.5, 0.6) is 0 Å². The highest BCUT2D eigenvalue weighted by atomic mass is 127. The Bertz CT molecular complexity index is 680. The molecular weight excluding hydrogens is 457 g/mol. The van der Waals surface area contributed by atoms with Gasteiger partial charge >= 0.3 is 0 Å². The highest BCUT2D eigenvalue weighted by Gasteiger charge is 2.13. The number of benzene rings is 1. The van der Waals surface area contributed by atoms with Crippen molar-refractivity contribution >= 4 is 41.5 Å². The van der Waals surface area contributed by atoms with Crippen molar-refractivity contribution in [2.45, 2.75) is 33.0 Å². The number of rotatable bonds is 7. The Kier molecular flexibility index (Phi) is 9.76. The molecule has 0 aliphatic heterocycles. The van der Waals surface area contributed by atoms with Crippen LogP contribution in [0.1, 0.15) is 37.2 Å². The van der Waals surface area contributed by atoms with Crippen molar-refractivity contribution in [3.8, 4) is 0 Å². The first-order chi connectivity index (χ1) is 11.6. The average molecular weight is 480 g/mol. The van der Waals surface area contributed by atoms with Crippen molar-refractivity contribution in [2.75, 3.05) is 13.7 Å². The Morgan fingerprint density at radius 2 is 2.12 bits per heavy atom. The summed E-state index contributed by atoms with van der Waals surface area (Å²) in [4.78, 5) is 8.46. The second kappa shape index (κ2) is 11.3. The van der Waals surface area contributed by atoms with Crippen LogP contribution in [-0.4, -0.2) is 29.8 Å². The third-order valence-electron chi connectivity index (χ3n) is 3.24. The van der Waals surface area contributed by atoms with Crippen molar-refractivity contribution in [3.63, 3.8) is 0 Å². The number of hydrogen-bond acceptors (Lipinski definition) is 5. The van der Waals surface area contributed by atoms with E-state index in [1.165, 1.54) is 0 Å². The summed E-state index contributed by atoms with van der Waals surface area (Å²) >= 11 is 5.97. The van der Waals surface area contributed by atoms with E-state index in [0.29, 0.717) is 42.4 Å². The van der Waals surface area contributed by atoms with E-state index in [4.69, 9.17) is 20.9 Å². The van der Waals surface area contributed by atoms with Crippen molar-refractivity contribution < 1.29 is 9.26 Å². The Balaban J connectivity index is 0.00000312. The maximum absolute atomic E-state index is 5.97. The highest BCUT2D eigenvalue weighted by molar-refractivity contribution is 14.0. The Morgan fingerprint density at radius 1 is 1.36 bits per heavy atom. The molecule has 2 N–H and O–H groups in total. The minimum absolute atomic E-state index is 0. The molecule has 1 atom stereocenters.